The van der Waals surface area contributed by atoms with Crippen molar-refractivity contribution in [1.29, 1.82) is 0 Å². The first-order chi connectivity index (χ1) is 20.6. The summed E-state index contributed by atoms with van der Waals surface area (Å²) in [6, 6.07) is 32.3. The molecule has 5 nitrogen and oxygen atoms in total. The molecule has 1 atom stereocenters. The Hall–Kier alpha value is -4.09. The van der Waals surface area contributed by atoms with Crippen LogP contribution in [0.25, 0.3) is 11.1 Å². The van der Waals surface area contributed by atoms with Gasteiger partial charge in [0.2, 0.25) is 0 Å². The molecule has 1 heterocycles. The third kappa shape index (κ3) is 6.07. The Morgan fingerprint density at radius 2 is 1.60 bits per heavy atom. The average molecular weight is 561 g/mol. The molecule has 1 unspecified atom stereocenters. The summed E-state index contributed by atoms with van der Waals surface area (Å²) in [6.45, 7) is 4.65. The molecule has 0 saturated carbocycles. The van der Waals surface area contributed by atoms with Crippen LogP contribution in [0.2, 0.25) is 0 Å². The van der Waals surface area contributed by atoms with E-state index in [1.54, 1.807) is 7.11 Å². The second-order valence-electron chi connectivity index (χ2n) is 11.6. The standard InChI is InChI=1S/C37H40N2O3/c1-26-9-7-10-27(21-26)16-17-28-18-19-29(36(22-28)41-2)23-38-24-30-11-8-20-39(30)37(40)42-25-35-33-14-5-3-12-31(33)32-13-4-6-15-34(32)35/h3-7,9-10,12-15,18-19,21-22,30,35,38H,8,11,16-17,20,23-25H2,1-2H3. The minimum Gasteiger partial charge on any atom is -0.496 e. The van der Waals surface area contributed by atoms with E-state index in [0.717, 1.165) is 50.1 Å². The first kappa shape index (κ1) is 28.0. The van der Waals surface area contributed by atoms with Gasteiger partial charge in [-0.1, -0.05) is 90.5 Å². The number of ether oxygens (including phenoxy) is 2. The van der Waals surface area contributed by atoms with Crippen molar-refractivity contribution in [2.45, 2.75) is 51.1 Å². The quantitative estimate of drug-likeness (QED) is 0.221. The Morgan fingerprint density at radius 3 is 2.31 bits per heavy atom. The minimum atomic E-state index is -0.211. The van der Waals surface area contributed by atoms with Crippen LogP contribution >= 0.6 is 0 Å². The average Bonchev–Trinajstić information content (AvgIpc) is 3.62. The van der Waals surface area contributed by atoms with Crippen molar-refractivity contribution < 1.29 is 14.3 Å². The van der Waals surface area contributed by atoms with E-state index in [4.69, 9.17) is 9.47 Å². The lowest BCUT2D eigenvalue weighted by atomic mass is 9.98. The van der Waals surface area contributed by atoms with Crippen molar-refractivity contribution in [3.05, 3.63) is 124 Å². The van der Waals surface area contributed by atoms with Gasteiger partial charge in [-0.25, -0.2) is 4.79 Å². The molecule has 4 aromatic carbocycles. The van der Waals surface area contributed by atoms with Gasteiger partial charge in [0, 0.05) is 37.2 Å². The zero-order chi connectivity index (χ0) is 28.9. The van der Waals surface area contributed by atoms with Crippen molar-refractivity contribution >= 4 is 6.09 Å². The predicted molar refractivity (Wildman–Crippen MR) is 168 cm³/mol. The molecule has 6 rings (SSSR count). The summed E-state index contributed by atoms with van der Waals surface area (Å²) in [5, 5.41) is 3.58. The molecule has 216 valence electrons. The number of carbonyl (C=O) groups excluding carboxylic acids is 1. The largest absolute Gasteiger partial charge is 0.496 e. The van der Waals surface area contributed by atoms with Gasteiger partial charge in [0.05, 0.1) is 7.11 Å². The van der Waals surface area contributed by atoms with E-state index in [9.17, 15) is 4.79 Å². The van der Waals surface area contributed by atoms with Crippen molar-refractivity contribution in [2.24, 2.45) is 0 Å². The topological polar surface area (TPSA) is 50.8 Å². The molecule has 2 aliphatic rings. The molecule has 0 bridgehead atoms. The van der Waals surface area contributed by atoms with Crippen molar-refractivity contribution in [3.8, 4) is 16.9 Å². The lowest BCUT2D eigenvalue weighted by molar-refractivity contribution is 0.0953. The first-order valence-electron chi connectivity index (χ1n) is 15.1. The highest BCUT2D eigenvalue weighted by molar-refractivity contribution is 5.79. The Kier molecular flexibility index (Phi) is 8.57. The number of methoxy groups -OCH3 is 1. The number of likely N-dealkylation sites (tertiary alicyclic amines) is 1. The van der Waals surface area contributed by atoms with Gasteiger partial charge in [-0.2, -0.15) is 0 Å². The maximum atomic E-state index is 13.2. The molecule has 1 N–H and O–H groups in total. The van der Waals surface area contributed by atoms with Crippen LogP contribution in [0.1, 0.15) is 52.1 Å². The van der Waals surface area contributed by atoms with E-state index in [-0.39, 0.29) is 18.1 Å². The summed E-state index contributed by atoms with van der Waals surface area (Å²) >= 11 is 0. The summed E-state index contributed by atoms with van der Waals surface area (Å²) in [5.74, 6) is 0.983. The summed E-state index contributed by atoms with van der Waals surface area (Å²) in [4.78, 5) is 15.2. The summed E-state index contributed by atoms with van der Waals surface area (Å²) in [5.41, 5.74) is 10.0. The van der Waals surface area contributed by atoms with Crippen molar-refractivity contribution in [1.82, 2.24) is 10.2 Å². The van der Waals surface area contributed by atoms with Crippen molar-refractivity contribution in [3.63, 3.8) is 0 Å². The van der Waals surface area contributed by atoms with Crippen LogP contribution in [-0.2, 0) is 24.1 Å². The molecule has 4 aromatic rings. The Balaban J connectivity index is 1.02. The fraction of sp³-hybridized carbons (Fsp3) is 0.324. The van der Waals surface area contributed by atoms with Crippen LogP contribution in [0, 0.1) is 6.92 Å². The van der Waals surface area contributed by atoms with Crippen LogP contribution < -0.4 is 10.1 Å². The number of amides is 1. The van der Waals surface area contributed by atoms with E-state index in [2.05, 4.69) is 103 Å². The van der Waals surface area contributed by atoms with Crippen LogP contribution in [0.3, 0.4) is 0 Å². The number of aryl methyl sites for hydroxylation is 3. The summed E-state index contributed by atoms with van der Waals surface area (Å²) < 4.78 is 11.7. The number of hydrogen-bond donors (Lipinski definition) is 1. The second kappa shape index (κ2) is 12.8. The van der Waals surface area contributed by atoms with Crippen LogP contribution in [-0.4, -0.2) is 43.8 Å². The lowest BCUT2D eigenvalue weighted by Gasteiger charge is -2.25. The Labute approximate surface area is 249 Å². The highest BCUT2D eigenvalue weighted by Crippen LogP contribution is 2.44. The van der Waals surface area contributed by atoms with E-state index in [1.807, 2.05) is 4.90 Å². The number of nitrogens with zero attached hydrogens (tertiary/aromatic N) is 1. The van der Waals surface area contributed by atoms with Gasteiger partial charge in [0.1, 0.15) is 12.4 Å². The van der Waals surface area contributed by atoms with Gasteiger partial charge >= 0.3 is 6.09 Å². The molecular formula is C37H40N2O3. The summed E-state index contributed by atoms with van der Waals surface area (Å²) in [6.07, 6.45) is 3.75. The smallest absolute Gasteiger partial charge is 0.410 e. The number of nitrogens with one attached hydrogen (secondary N) is 1. The number of hydrogen-bond acceptors (Lipinski definition) is 4. The van der Waals surface area contributed by atoms with Gasteiger partial charge < -0.3 is 19.7 Å². The zero-order valence-electron chi connectivity index (χ0n) is 24.6. The molecule has 42 heavy (non-hydrogen) atoms. The normalized spacial score (nSPS) is 15.9. The monoisotopic (exact) mass is 560 g/mol. The van der Waals surface area contributed by atoms with Crippen molar-refractivity contribution in [2.75, 3.05) is 26.8 Å². The van der Waals surface area contributed by atoms with Crippen LogP contribution in [0.4, 0.5) is 4.79 Å². The van der Waals surface area contributed by atoms with Gasteiger partial charge in [-0.3, -0.25) is 0 Å². The number of rotatable bonds is 10. The fourth-order valence-electron chi connectivity index (χ4n) is 6.59. The zero-order valence-corrected chi connectivity index (χ0v) is 24.6. The first-order valence-corrected chi connectivity index (χ1v) is 15.1. The molecule has 1 fully saturated rings. The third-order valence-electron chi connectivity index (χ3n) is 8.78. The third-order valence-corrected chi connectivity index (χ3v) is 8.78. The SMILES string of the molecule is COc1cc(CCc2cccc(C)c2)ccc1CNCC1CCCN1C(=O)OCC1c2ccccc2-c2ccccc21. The van der Waals surface area contributed by atoms with Gasteiger partial charge in [0.25, 0.3) is 0 Å². The molecule has 5 heteroatoms. The highest BCUT2D eigenvalue weighted by atomic mass is 16.6. The Bertz CT molecular complexity index is 1500. The fourth-order valence-corrected chi connectivity index (χ4v) is 6.59. The highest BCUT2D eigenvalue weighted by Gasteiger charge is 2.33. The van der Waals surface area contributed by atoms with Gasteiger partial charge in [-0.05, 0) is 72.1 Å². The maximum Gasteiger partial charge on any atom is 0.410 e. The van der Waals surface area contributed by atoms with E-state index in [1.165, 1.54) is 38.9 Å². The molecule has 1 aliphatic heterocycles. The molecule has 1 saturated heterocycles. The molecule has 0 aromatic heterocycles. The predicted octanol–water partition coefficient (Wildman–Crippen LogP) is 7.29. The lowest BCUT2D eigenvalue weighted by Crippen LogP contribution is -2.42. The second-order valence-corrected chi connectivity index (χ2v) is 11.6. The van der Waals surface area contributed by atoms with Crippen LogP contribution in [0.15, 0.2) is 91.0 Å². The summed E-state index contributed by atoms with van der Waals surface area (Å²) in [7, 11) is 1.74. The number of fused-ring (bicyclic) bond motifs is 3. The van der Waals surface area contributed by atoms with Crippen LogP contribution in [0.5, 0.6) is 5.75 Å². The van der Waals surface area contributed by atoms with E-state index < -0.39 is 0 Å². The Morgan fingerprint density at radius 1 is 0.881 bits per heavy atom. The molecule has 1 aliphatic carbocycles. The number of carbonyl (C=O) groups is 1. The number of benzene rings is 4. The van der Waals surface area contributed by atoms with Gasteiger partial charge in [0.15, 0.2) is 0 Å². The maximum absolute atomic E-state index is 13.2. The molecule has 1 amide bonds. The van der Waals surface area contributed by atoms with E-state index in [0.29, 0.717) is 13.2 Å². The molecule has 0 spiro atoms. The van der Waals surface area contributed by atoms with Gasteiger partial charge in [-0.15, -0.1) is 0 Å². The molecule has 0 radical (unpaired) electrons. The van der Waals surface area contributed by atoms with E-state index >= 15 is 0 Å². The molecular weight excluding hydrogens is 520 g/mol. The minimum absolute atomic E-state index is 0.0766.